The molecule has 1 saturated carbocycles. The minimum Gasteiger partial charge on any atom is -0.481 e. The van der Waals surface area contributed by atoms with Crippen molar-refractivity contribution in [3.8, 4) is 5.88 Å². The van der Waals surface area contributed by atoms with Gasteiger partial charge in [0.25, 0.3) is 0 Å². The molecule has 12 heavy (non-hydrogen) atoms. The predicted molar refractivity (Wildman–Crippen MR) is 47.4 cm³/mol. The van der Waals surface area contributed by atoms with Crippen LogP contribution in [0.25, 0.3) is 0 Å². The lowest BCUT2D eigenvalue weighted by molar-refractivity contribution is 0.393. The van der Waals surface area contributed by atoms with Gasteiger partial charge in [-0.15, -0.1) is 0 Å². The third-order valence-electron chi connectivity index (χ3n) is 2.54. The maximum absolute atomic E-state index is 4.99. The van der Waals surface area contributed by atoms with Gasteiger partial charge in [-0.25, -0.2) is 4.98 Å². The van der Waals surface area contributed by atoms with Crippen molar-refractivity contribution < 1.29 is 4.74 Å². The normalized spacial score (nSPS) is 17.1. The Hall–Kier alpha value is -1.05. The lowest BCUT2D eigenvalue weighted by Crippen LogP contribution is -2.08. The second-order valence-corrected chi connectivity index (χ2v) is 3.26. The average Bonchev–Trinajstić information content (AvgIpc) is 2.03. The molecule has 0 atom stereocenters. The van der Waals surface area contributed by atoms with Gasteiger partial charge in [0.15, 0.2) is 0 Å². The van der Waals surface area contributed by atoms with E-state index >= 15 is 0 Å². The van der Waals surface area contributed by atoms with Gasteiger partial charge in [0.2, 0.25) is 5.88 Å². The van der Waals surface area contributed by atoms with Gasteiger partial charge >= 0.3 is 0 Å². The molecular formula is C10H13NO. The Morgan fingerprint density at radius 3 is 2.67 bits per heavy atom. The van der Waals surface area contributed by atoms with E-state index in [1.165, 1.54) is 24.8 Å². The number of methoxy groups -OCH3 is 1. The predicted octanol–water partition coefficient (Wildman–Crippen LogP) is 2.36. The SMILES string of the molecule is COc1ccc(C2CCC2)cn1. The van der Waals surface area contributed by atoms with Crippen molar-refractivity contribution in [2.45, 2.75) is 25.2 Å². The Balaban J connectivity index is 2.13. The maximum atomic E-state index is 4.99. The molecule has 0 radical (unpaired) electrons. The standard InChI is InChI=1S/C10H13NO/c1-12-10-6-5-9(7-11-10)8-3-2-4-8/h5-8H,2-4H2,1H3. The lowest BCUT2D eigenvalue weighted by Gasteiger charge is -2.25. The smallest absolute Gasteiger partial charge is 0.212 e. The van der Waals surface area contributed by atoms with Crippen LogP contribution in [0, 0.1) is 0 Å². The van der Waals surface area contributed by atoms with Crippen LogP contribution in [0.15, 0.2) is 18.3 Å². The number of ether oxygens (including phenoxy) is 1. The molecule has 1 aromatic heterocycles. The molecule has 0 aromatic carbocycles. The van der Waals surface area contributed by atoms with Gasteiger partial charge in [-0.2, -0.15) is 0 Å². The fourth-order valence-corrected chi connectivity index (χ4v) is 1.50. The molecule has 2 nitrogen and oxygen atoms in total. The molecule has 0 saturated heterocycles. The van der Waals surface area contributed by atoms with Gasteiger partial charge < -0.3 is 4.74 Å². The number of nitrogens with zero attached hydrogens (tertiary/aromatic N) is 1. The second-order valence-electron chi connectivity index (χ2n) is 3.26. The summed E-state index contributed by atoms with van der Waals surface area (Å²) < 4.78 is 4.99. The summed E-state index contributed by atoms with van der Waals surface area (Å²) in [7, 11) is 1.64. The van der Waals surface area contributed by atoms with Crippen molar-refractivity contribution in [1.29, 1.82) is 0 Å². The van der Waals surface area contributed by atoms with Gasteiger partial charge in [-0.1, -0.05) is 12.5 Å². The van der Waals surface area contributed by atoms with Crippen LogP contribution in [-0.4, -0.2) is 12.1 Å². The summed E-state index contributed by atoms with van der Waals surface area (Å²) in [5.41, 5.74) is 1.36. The zero-order valence-electron chi connectivity index (χ0n) is 7.29. The van der Waals surface area contributed by atoms with Gasteiger partial charge in [-0.05, 0) is 24.3 Å². The summed E-state index contributed by atoms with van der Waals surface area (Å²) in [6, 6.07) is 4.06. The summed E-state index contributed by atoms with van der Waals surface area (Å²) in [5, 5.41) is 0. The first-order valence-corrected chi connectivity index (χ1v) is 4.40. The molecule has 0 aliphatic heterocycles. The van der Waals surface area contributed by atoms with Crippen molar-refractivity contribution in [1.82, 2.24) is 4.98 Å². The number of aromatic nitrogens is 1. The highest BCUT2D eigenvalue weighted by molar-refractivity contribution is 5.22. The van der Waals surface area contributed by atoms with Gasteiger partial charge in [0.05, 0.1) is 7.11 Å². The van der Waals surface area contributed by atoms with E-state index in [1.54, 1.807) is 7.11 Å². The van der Waals surface area contributed by atoms with Crippen molar-refractivity contribution in [2.24, 2.45) is 0 Å². The van der Waals surface area contributed by atoms with Gasteiger partial charge in [0.1, 0.15) is 0 Å². The van der Waals surface area contributed by atoms with E-state index in [0.717, 1.165) is 5.92 Å². The minimum atomic E-state index is 0.707. The Morgan fingerprint density at radius 2 is 2.25 bits per heavy atom. The van der Waals surface area contributed by atoms with E-state index < -0.39 is 0 Å². The van der Waals surface area contributed by atoms with Crippen LogP contribution in [0.2, 0.25) is 0 Å². The molecule has 1 fully saturated rings. The van der Waals surface area contributed by atoms with Crippen LogP contribution in [0.1, 0.15) is 30.7 Å². The number of hydrogen-bond acceptors (Lipinski definition) is 2. The van der Waals surface area contributed by atoms with Crippen LogP contribution in [0.3, 0.4) is 0 Å². The molecule has 1 aromatic rings. The number of pyridine rings is 1. The van der Waals surface area contributed by atoms with Crippen LogP contribution in [0.5, 0.6) is 5.88 Å². The first kappa shape index (κ1) is 7.59. The van der Waals surface area contributed by atoms with Crippen molar-refractivity contribution in [3.63, 3.8) is 0 Å². The van der Waals surface area contributed by atoms with Crippen LogP contribution in [0.4, 0.5) is 0 Å². The van der Waals surface area contributed by atoms with E-state index in [2.05, 4.69) is 11.1 Å². The first-order chi connectivity index (χ1) is 5.90. The van der Waals surface area contributed by atoms with E-state index in [9.17, 15) is 0 Å². The fraction of sp³-hybridized carbons (Fsp3) is 0.500. The Morgan fingerprint density at radius 1 is 1.42 bits per heavy atom. The summed E-state index contributed by atoms with van der Waals surface area (Å²) >= 11 is 0. The molecule has 0 unspecified atom stereocenters. The molecule has 0 bridgehead atoms. The maximum Gasteiger partial charge on any atom is 0.212 e. The van der Waals surface area contributed by atoms with E-state index in [4.69, 9.17) is 4.74 Å². The highest BCUT2D eigenvalue weighted by Gasteiger charge is 2.19. The topological polar surface area (TPSA) is 22.1 Å². The molecule has 2 heteroatoms. The molecule has 0 N–H and O–H groups in total. The molecule has 1 heterocycles. The zero-order valence-corrected chi connectivity index (χ0v) is 7.29. The van der Waals surface area contributed by atoms with Crippen molar-refractivity contribution in [2.75, 3.05) is 7.11 Å². The fourth-order valence-electron chi connectivity index (χ4n) is 1.50. The number of hydrogen-bond donors (Lipinski definition) is 0. The Bertz CT molecular complexity index is 251. The highest BCUT2D eigenvalue weighted by Crippen LogP contribution is 2.36. The van der Waals surface area contributed by atoms with Crippen LogP contribution in [-0.2, 0) is 0 Å². The summed E-state index contributed by atoms with van der Waals surface area (Å²) in [6.45, 7) is 0. The highest BCUT2D eigenvalue weighted by atomic mass is 16.5. The van der Waals surface area contributed by atoms with E-state index in [1.807, 2.05) is 12.3 Å². The van der Waals surface area contributed by atoms with Gasteiger partial charge in [-0.3, -0.25) is 0 Å². The molecule has 64 valence electrons. The molecule has 0 spiro atoms. The van der Waals surface area contributed by atoms with Crippen molar-refractivity contribution in [3.05, 3.63) is 23.9 Å². The molecule has 1 aliphatic rings. The monoisotopic (exact) mass is 163 g/mol. The van der Waals surface area contributed by atoms with Crippen LogP contribution < -0.4 is 4.74 Å². The summed E-state index contributed by atoms with van der Waals surface area (Å²) in [4.78, 5) is 4.18. The van der Waals surface area contributed by atoms with Crippen molar-refractivity contribution >= 4 is 0 Å². The molecule has 0 amide bonds. The average molecular weight is 163 g/mol. The third-order valence-corrected chi connectivity index (χ3v) is 2.54. The van der Waals surface area contributed by atoms with E-state index in [0.29, 0.717) is 5.88 Å². The lowest BCUT2D eigenvalue weighted by atomic mass is 9.81. The molecule has 2 rings (SSSR count). The first-order valence-electron chi connectivity index (χ1n) is 4.40. The summed E-state index contributed by atoms with van der Waals surface area (Å²) in [6.07, 6.45) is 5.96. The second kappa shape index (κ2) is 3.13. The van der Waals surface area contributed by atoms with Crippen LogP contribution >= 0.6 is 0 Å². The van der Waals surface area contributed by atoms with E-state index in [-0.39, 0.29) is 0 Å². The number of rotatable bonds is 2. The zero-order chi connectivity index (χ0) is 8.39. The third kappa shape index (κ3) is 1.29. The Labute approximate surface area is 72.6 Å². The Kier molecular flexibility index (Phi) is 1.98. The quantitative estimate of drug-likeness (QED) is 0.667. The van der Waals surface area contributed by atoms with Gasteiger partial charge in [0, 0.05) is 12.3 Å². The minimum absolute atomic E-state index is 0.707. The summed E-state index contributed by atoms with van der Waals surface area (Å²) in [5.74, 6) is 1.47. The molecule has 1 aliphatic carbocycles. The molecular weight excluding hydrogens is 150 g/mol. The largest absolute Gasteiger partial charge is 0.481 e.